The number of benzene rings is 1. The molecule has 1 amide bonds. The highest BCUT2D eigenvalue weighted by Gasteiger charge is 2.39. The van der Waals surface area contributed by atoms with Crippen molar-refractivity contribution in [3.8, 4) is 0 Å². The van der Waals surface area contributed by atoms with E-state index < -0.39 is 4.92 Å². The van der Waals surface area contributed by atoms with Crippen LogP contribution < -0.4 is 5.73 Å². The SMILES string of the molecule is Nc1ccc([N+](=O)[O-])c(C(=O)N2CC3CCCC3C2)c1. The van der Waals surface area contributed by atoms with Crippen LogP contribution in [0, 0.1) is 22.0 Å². The third-order valence-electron chi connectivity index (χ3n) is 4.46. The molecule has 2 fully saturated rings. The third kappa shape index (κ3) is 2.11. The van der Waals surface area contributed by atoms with Gasteiger partial charge in [0, 0.05) is 24.8 Å². The summed E-state index contributed by atoms with van der Waals surface area (Å²) in [7, 11) is 0. The van der Waals surface area contributed by atoms with Gasteiger partial charge in [-0.2, -0.15) is 0 Å². The molecule has 2 unspecified atom stereocenters. The molecular formula is C14H17N3O3. The average Bonchev–Trinajstić information content (AvgIpc) is 2.97. The van der Waals surface area contributed by atoms with E-state index in [1.165, 1.54) is 24.6 Å². The van der Waals surface area contributed by atoms with Crippen molar-refractivity contribution in [1.29, 1.82) is 0 Å². The Bertz CT molecular complexity index is 561. The molecule has 1 aliphatic carbocycles. The first-order valence-corrected chi connectivity index (χ1v) is 6.89. The van der Waals surface area contributed by atoms with Crippen LogP contribution in [0.3, 0.4) is 0 Å². The standard InChI is InChI=1S/C14H17N3O3/c15-11-4-5-13(17(19)20)12(6-11)14(18)16-7-9-2-1-3-10(9)8-16/h4-6,9-10H,1-3,7-8,15H2. The number of nitro groups is 1. The zero-order valence-corrected chi connectivity index (χ0v) is 11.1. The number of hydrogen-bond acceptors (Lipinski definition) is 4. The largest absolute Gasteiger partial charge is 0.399 e. The Morgan fingerprint density at radius 1 is 1.30 bits per heavy atom. The molecular weight excluding hydrogens is 258 g/mol. The number of nitrogens with two attached hydrogens (primary N) is 1. The molecule has 20 heavy (non-hydrogen) atoms. The number of anilines is 1. The van der Waals surface area contributed by atoms with Crippen molar-refractivity contribution in [2.45, 2.75) is 19.3 Å². The van der Waals surface area contributed by atoms with Gasteiger partial charge in [0.1, 0.15) is 5.56 Å². The van der Waals surface area contributed by atoms with Gasteiger partial charge in [0.05, 0.1) is 4.92 Å². The second-order valence-corrected chi connectivity index (χ2v) is 5.69. The second-order valence-electron chi connectivity index (χ2n) is 5.69. The maximum absolute atomic E-state index is 12.5. The average molecular weight is 275 g/mol. The van der Waals surface area contributed by atoms with Gasteiger partial charge in [0.15, 0.2) is 0 Å². The van der Waals surface area contributed by atoms with E-state index in [1.807, 2.05) is 0 Å². The first-order valence-electron chi connectivity index (χ1n) is 6.89. The van der Waals surface area contributed by atoms with Crippen LogP contribution in [0.4, 0.5) is 11.4 Å². The number of nitrogens with zero attached hydrogens (tertiary/aromatic N) is 2. The summed E-state index contributed by atoms with van der Waals surface area (Å²) >= 11 is 0. The Morgan fingerprint density at radius 2 is 1.95 bits per heavy atom. The van der Waals surface area contributed by atoms with Crippen LogP contribution in [-0.4, -0.2) is 28.8 Å². The number of carbonyl (C=O) groups excluding carboxylic acids is 1. The minimum atomic E-state index is -0.524. The molecule has 2 atom stereocenters. The van der Waals surface area contributed by atoms with Crippen LogP contribution in [0.5, 0.6) is 0 Å². The summed E-state index contributed by atoms with van der Waals surface area (Å²) in [5, 5.41) is 11.0. The lowest BCUT2D eigenvalue weighted by atomic mass is 10.0. The number of nitro benzene ring substituents is 1. The monoisotopic (exact) mass is 275 g/mol. The predicted molar refractivity (Wildman–Crippen MR) is 74.2 cm³/mol. The van der Waals surface area contributed by atoms with Crippen LogP contribution >= 0.6 is 0 Å². The molecule has 2 N–H and O–H groups in total. The van der Waals surface area contributed by atoms with Crippen molar-refractivity contribution in [2.24, 2.45) is 11.8 Å². The Kier molecular flexibility index (Phi) is 3.08. The lowest BCUT2D eigenvalue weighted by Crippen LogP contribution is -2.30. The highest BCUT2D eigenvalue weighted by atomic mass is 16.6. The van der Waals surface area contributed by atoms with Gasteiger partial charge in [-0.15, -0.1) is 0 Å². The van der Waals surface area contributed by atoms with E-state index in [0.717, 1.165) is 25.9 Å². The zero-order valence-electron chi connectivity index (χ0n) is 11.1. The molecule has 6 heteroatoms. The van der Waals surface area contributed by atoms with Crippen LogP contribution in [0.2, 0.25) is 0 Å². The Hall–Kier alpha value is -2.11. The van der Waals surface area contributed by atoms with Crippen LogP contribution in [0.25, 0.3) is 0 Å². The molecule has 1 saturated heterocycles. The maximum atomic E-state index is 12.5. The smallest absolute Gasteiger partial charge is 0.282 e. The van der Waals surface area contributed by atoms with Crippen molar-refractivity contribution in [1.82, 2.24) is 4.90 Å². The number of amides is 1. The Labute approximate surface area is 116 Å². The van der Waals surface area contributed by atoms with E-state index in [9.17, 15) is 14.9 Å². The highest BCUT2D eigenvalue weighted by Crippen LogP contribution is 2.38. The second kappa shape index (κ2) is 4.77. The molecule has 1 saturated carbocycles. The summed E-state index contributed by atoms with van der Waals surface area (Å²) < 4.78 is 0. The van der Waals surface area contributed by atoms with Gasteiger partial charge >= 0.3 is 0 Å². The minimum absolute atomic E-state index is 0.106. The lowest BCUT2D eigenvalue weighted by molar-refractivity contribution is -0.385. The van der Waals surface area contributed by atoms with Gasteiger partial charge in [0.2, 0.25) is 0 Å². The van der Waals surface area contributed by atoms with Crippen LogP contribution in [0.15, 0.2) is 18.2 Å². The van der Waals surface area contributed by atoms with Gasteiger partial charge in [-0.1, -0.05) is 6.42 Å². The maximum Gasteiger partial charge on any atom is 0.282 e. The molecule has 0 spiro atoms. The fourth-order valence-electron chi connectivity index (χ4n) is 3.46. The van der Waals surface area contributed by atoms with Crippen molar-refractivity contribution in [2.75, 3.05) is 18.8 Å². The number of carbonyl (C=O) groups is 1. The van der Waals surface area contributed by atoms with Crippen molar-refractivity contribution >= 4 is 17.3 Å². The van der Waals surface area contributed by atoms with Gasteiger partial charge in [-0.05, 0) is 36.8 Å². The summed E-state index contributed by atoms with van der Waals surface area (Å²) in [4.78, 5) is 24.8. The third-order valence-corrected chi connectivity index (χ3v) is 4.46. The molecule has 1 heterocycles. The Morgan fingerprint density at radius 3 is 2.55 bits per heavy atom. The minimum Gasteiger partial charge on any atom is -0.399 e. The van der Waals surface area contributed by atoms with E-state index in [-0.39, 0.29) is 17.2 Å². The summed E-state index contributed by atoms with van der Waals surface area (Å²) in [6.07, 6.45) is 3.55. The zero-order chi connectivity index (χ0) is 14.3. The fourth-order valence-corrected chi connectivity index (χ4v) is 3.46. The predicted octanol–water partition coefficient (Wildman–Crippen LogP) is 2.05. The van der Waals surface area contributed by atoms with Gasteiger partial charge < -0.3 is 10.6 Å². The quantitative estimate of drug-likeness (QED) is 0.508. The molecule has 0 radical (unpaired) electrons. The fraction of sp³-hybridized carbons (Fsp3) is 0.500. The number of fused-ring (bicyclic) bond motifs is 1. The van der Waals surface area contributed by atoms with E-state index in [4.69, 9.17) is 5.73 Å². The van der Waals surface area contributed by atoms with Crippen molar-refractivity contribution in [3.05, 3.63) is 33.9 Å². The van der Waals surface area contributed by atoms with Gasteiger partial charge in [0.25, 0.3) is 11.6 Å². The number of hydrogen-bond donors (Lipinski definition) is 1. The molecule has 0 aromatic heterocycles. The molecule has 6 nitrogen and oxygen atoms in total. The van der Waals surface area contributed by atoms with E-state index in [0.29, 0.717) is 17.5 Å². The number of likely N-dealkylation sites (tertiary alicyclic amines) is 1. The number of nitrogen functional groups attached to an aromatic ring is 1. The lowest BCUT2D eigenvalue weighted by Gasteiger charge is -2.17. The topological polar surface area (TPSA) is 89.5 Å². The molecule has 3 rings (SSSR count). The number of rotatable bonds is 2. The summed E-state index contributed by atoms with van der Waals surface area (Å²) in [6, 6.07) is 4.17. The van der Waals surface area contributed by atoms with Crippen molar-refractivity contribution < 1.29 is 9.72 Å². The van der Waals surface area contributed by atoms with E-state index in [1.54, 1.807) is 4.90 Å². The summed E-state index contributed by atoms with van der Waals surface area (Å²) in [5.74, 6) is 0.872. The van der Waals surface area contributed by atoms with Crippen molar-refractivity contribution in [3.63, 3.8) is 0 Å². The van der Waals surface area contributed by atoms with Gasteiger partial charge in [-0.25, -0.2) is 0 Å². The molecule has 106 valence electrons. The van der Waals surface area contributed by atoms with Gasteiger partial charge in [-0.3, -0.25) is 14.9 Å². The molecule has 1 aromatic rings. The highest BCUT2D eigenvalue weighted by molar-refractivity contribution is 5.99. The summed E-state index contributed by atoms with van der Waals surface area (Å²) in [5.41, 5.74) is 5.98. The van der Waals surface area contributed by atoms with Crippen LogP contribution in [-0.2, 0) is 0 Å². The van der Waals surface area contributed by atoms with Crippen LogP contribution in [0.1, 0.15) is 29.6 Å². The van der Waals surface area contributed by atoms with E-state index >= 15 is 0 Å². The molecule has 1 aromatic carbocycles. The Balaban J connectivity index is 1.87. The van der Waals surface area contributed by atoms with E-state index in [2.05, 4.69) is 0 Å². The normalized spacial score (nSPS) is 24.7. The first kappa shape index (κ1) is 12.9. The molecule has 2 aliphatic rings. The molecule has 1 aliphatic heterocycles. The first-order chi connectivity index (χ1) is 9.56. The summed E-state index contributed by atoms with van der Waals surface area (Å²) in [6.45, 7) is 1.44. The molecule has 0 bridgehead atoms.